The quantitative estimate of drug-likeness (QED) is 0.109. The van der Waals surface area contributed by atoms with Gasteiger partial charge in [-0.25, -0.2) is 14.2 Å². The van der Waals surface area contributed by atoms with Gasteiger partial charge in [-0.05, 0) is 70.6 Å². The molecule has 0 aliphatic rings. The normalized spacial score (nSPS) is 11.7. The number of hydrogen-bond acceptors (Lipinski definition) is 4. The van der Waals surface area contributed by atoms with Crippen molar-refractivity contribution < 1.29 is 14.4 Å². The molecule has 7 nitrogen and oxygen atoms in total. The van der Waals surface area contributed by atoms with Gasteiger partial charge in [0.25, 0.3) is 0 Å². The Balaban J connectivity index is 2.49. The monoisotopic (exact) mass is 549 g/mol. The summed E-state index contributed by atoms with van der Waals surface area (Å²) in [4.78, 5) is 19.3. The third-order valence-electron chi connectivity index (χ3n) is 5.10. The highest BCUT2D eigenvalue weighted by Gasteiger charge is 2.18. The molecule has 0 atom stereocenters. The second-order valence-electron chi connectivity index (χ2n) is 9.33. The second-order valence-corrected chi connectivity index (χ2v) is 10.2. The molecule has 0 aromatic heterocycles. The van der Waals surface area contributed by atoms with Crippen LogP contribution in [0.4, 0.5) is 26.2 Å². The molecule has 0 aliphatic heterocycles. The maximum atomic E-state index is 13.6. The molecule has 0 fully saturated rings. The van der Waals surface area contributed by atoms with Gasteiger partial charge in [0, 0.05) is 25.2 Å². The standard InChI is InChI=1S/C26H37BrFN5O2/c1-6-7-12-29-26(34)31-23-13-19(8-11-24(23)33(15-17(2)3)16-18(4)5)25(32-35)30-20-9-10-22(28)21(27)14-20/h8-11,13-14,17-18,35H,6-7,12,15-16H2,1-5H3,(H,30,32)(H2,29,31,34). The summed E-state index contributed by atoms with van der Waals surface area (Å²) in [5.41, 5.74) is 4.66. The first-order valence-electron chi connectivity index (χ1n) is 12.0. The number of urea groups is 1. The van der Waals surface area contributed by atoms with Crippen LogP contribution in [0.2, 0.25) is 0 Å². The zero-order valence-electron chi connectivity index (χ0n) is 21.2. The van der Waals surface area contributed by atoms with Crippen molar-refractivity contribution in [1.29, 1.82) is 0 Å². The van der Waals surface area contributed by atoms with Gasteiger partial charge >= 0.3 is 6.03 Å². The van der Waals surface area contributed by atoms with Gasteiger partial charge in [0.1, 0.15) is 5.82 Å². The number of carbonyl (C=O) groups is 1. The fourth-order valence-corrected chi connectivity index (χ4v) is 3.96. The number of aliphatic imine (C=N–C) groups is 1. The first kappa shape index (κ1) is 28.6. The van der Waals surface area contributed by atoms with E-state index < -0.39 is 5.82 Å². The van der Waals surface area contributed by atoms with Crippen LogP contribution in [0.15, 0.2) is 45.9 Å². The van der Waals surface area contributed by atoms with E-state index in [-0.39, 0.29) is 16.3 Å². The average molecular weight is 551 g/mol. The first-order chi connectivity index (χ1) is 16.6. The average Bonchev–Trinajstić information content (AvgIpc) is 2.79. The van der Waals surface area contributed by atoms with E-state index in [0.717, 1.165) is 31.6 Å². The predicted molar refractivity (Wildman–Crippen MR) is 145 cm³/mol. The van der Waals surface area contributed by atoms with Crippen molar-refractivity contribution in [3.05, 3.63) is 52.3 Å². The van der Waals surface area contributed by atoms with Crippen LogP contribution in [-0.2, 0) is 0 Å². The lowest BCUT2D eigenvalue weighted by atomic mass is 10.1. The zero-order chi connectivity index (χ0) is 26.0. The van der Waals surface area contributed by atoms with Crippen molar-refractivity contribution in [3.63, 3.8) is 0 Å². The van der Waals surface area contributed by atoms with Crippen LogP contribution < -0.4 is 21.0 Å². The summed E-state index contributed by atoms with van der Waals surface area (Å²) < 4.78 is 13.9. The molecule has 192 valence electrons. The van der Waals surface area contributed by atoms with Crippen molar-refractivity contribution in [3.8, 4) is 0 Å². The van der Waals surface area contributed by atoms with Crippen LogP contribution in [0.3, 0.4) is 0 Å². The lowest BCUT2D eigenvalue weighted by Gasteiger charge is -2.30. The van der Waals surface area contributed by atoms with Crippen molar-refractivity contribution >= 4 is 44.9 Å². The number of nitrogens with one attached hydrogen (secondary N) is 3. The van der Waals surface area contributed by atoms with Crippen LogP contribution in [0.1, 0.15) is 53.0 Å². The van der Waals surface area contributed by atoms with Gasteiger partial charge in [-0.3, -0.25) is 10.7 Å². The summed E-state index contributed by atoms with van der Waals surface area (Å²) in [6.07, 6.45) is 1.88. The zero-order valence-corrected chi connectivity index (χ0v) is 22.7. The summed E-state index contributed by atoms with van der Waals surface area (Å²) in [7, 11) is 0. The van der Waals surface area contributed by atoms with E-state index in [4.69, 9.17) is 0 Å². The summed E-state index contributed by atoms with van der Waals surface area (Å²) in [5.74, 6) is 0.618. The van der Waals surface area contributed by atoms with Crippen molar-refractivity contribution in [2.75, 3.05) is 29.9 Å². The van der Waals surface area contributed by atoms with Crippen LogP contribution in [0.5, 0.6) is 0 Å². The number of hydroxylamine groups is 1. The van der Waals surface area contributed by atoms with Gasteiger partial charge in [-0.2, -0.15) is 0 Å². The van der Waals surface area contributed by atoms with Crippen molar-refractivity contribution in [2.45, 2.75) is 47.5 Å². The van der Waals surface area contributed by atoms with Crippen molar-refractivity contribution in [2.24, 2.45) is 16.8 Å². The maximum Gasteiger partial charge on any atom is 0.319 e. The number of halogens is 2. The summed E-state index contributed by atoms with van der Waals surface area (Å²) in [6.45, 7) is 12.9. The highest BCUT2D eigenvalue weighted by Crippen LogP contribution is 2.30. The summed E-state index contributed by atoms with van der Waals surface area (Å²) >= 11 is 3.16. The SMILES string of the molecule is CCCCNC(=O)Nc1cc(C(=Nc2ccc(F)c(Br)c2)NO)ccc1N(CC(C)C)CC(C)C. The topological polar surface area (TPSA) is 89.0 Å². The third-order valence-corrected chi connectivity index (χ3v) is 5.70. The second kappa shape index (κ2) is 14.0. The minimum Gasteiger partial charge on any atom is -0.369 e. The van der Waals surface area contributed by atoms with Gasteiger partial charge in [0.05, 0.1) is 21.5 Å². The van der Waals surface area contributed by atoms with Crippen molar-refractivity contribution in [1.82, 2.24) is 10.8 Å². The molecule has 9 heteroatoms. The fourth-order valence-electron chi connectivity index (χ4n) is 3.59. The van der Waals surface area contributed by atoms with Crippen LogP contribution in [0.25, 0.3) is 0 Å². The summed E-state index contributed by atoms with van der Waals surface area (Å²) in [6, 6.07) is 9.59. The van der Waals surface area contributed by atoms with Crippen LogP contribution in [0, 0.1) is 17.7 Å². The Morgan fingerprint density at radius 3 is 2.37 bits per heavy atom. The Hall–Kier alpha value is -2.65. The van der Waals surface area contributed by atoms with Crippen LogP contribution >= 0.6 is 15.9 Å². The van der Waals surface area contributed by atoms with Gasteiger partial charge in [-0.15, -0.1) is 0 Å². The molecule has 0 saturated carbocycles. The molecule has 0 saturated heterocycles. The number of anilines is 2. The third kappa shape index (κ3) is 9.14. The Labute approximate surface area is 216 Å². The number of amides is 2. The molecule has 0 aliphatic carbocycles. The molecule has 4 N–H and O–H groups in total. The maximum absolute atomic E-state index is 13.6. The number of benzene rings is 2. The number of amidine groups is 1. The number of nitrogens with zero attached hydrogens (tertiary/aromatic N) is 2. The molecule has 0 radical (unpaired) electrons. The van der Waals surface area contributed by atoms with Gasteiger partial charge < -0.3 is 15.5 Å². The van der Waals surface area contributed by atoms with Gasteiger partial charge in [0.15, 0.2) is 5.84 Å². The molecule has 0 unspecified atom stereocenters. The number of unbranched alkanes of at least 4 members (excludes halogenated alkanes) is 1. The van der Waals surface area contributed by atoms with E-state index in [0.29, 0.717) is 35.3 Å². The largest absolute Gasteiger partial charge is 0.369 e. The number of hydrogen-bond donors (Lipinski definition) is 4. The lowest BCUT2D eigenvalue weighted by Crippen LogP contribution is -2.34. The Kier molecular flexibility index (Phi) is 11.5. The van der Waals surface area contributed by atoms with E-state index in [2.05, 4.69) is 76.6 Å². The molecule has 2 aromatic carbocycles. The molecule has 2 amide bonds. The number of carbonyl (C=O) groups excluding carboxylic acids is 1. The molecule has 0 heterocycles. The Morgan fingerprint density at radius 2 is 1.80 bits per heavy atom. The molecular formula is C26H37BrFN5O2. The minimum absolute atomic E-state index is 0.170. The first-order valence-corrected chi connectivity index (χ1v) is 12.8. The molecule has 35 heavy (non-hydrogen) atoms. The number of rotatable bonds is 11. The molecule has 0 bridgehead atoms. The fraction of sp³-hybridized carbons (Fsp3) is 0.462. The smallest absolute Gasteiger partial charge is 0.319 e. The molecule has 2 aromatic rings. The van der Waals surface area contributed by atoms with E-state index in [1.807, 2.05) is 12.1 Å². The van der Waals surface area contributed by atoms with Crippen LogP contribution in [-0.4, -0.2) is 36.7 Å². The molecule has 2 rings (SSSR count). The van der Waals surface area contributed by atoms with E-state index in [1.54, 1.807) is 6.07 Å². The summed E-state index contributed by atoms with van der Waals surface area (Å²) in [5, 5.41) is 15.7. The molecule has 0 spiro atoms. The van der Waals surface area contributed by atoms with E-state index in [1.165, 1.54) is 18.2 Å². The highest BCUT2D eigenvalue weighted by molar-refractivity contribution is 9.10. The van der Waals surface area contributed by atoms with Gasteiger partial charge in [-0.1, -0.05) is 41.0 Å². The lowest BCUT2D eigenvalue weighted by molar-refractivity contribution is 0.235. The Morgan fingerprint density at radius 1 is 1.11 bits per heavy atom. The minimum atomic E-state index is -0.400. The van der Waals surface area contributed by atoms with E-state index >= 15 is 0 Å². The highest BCUT2D eigenvalue weighted by atomic mass is 79.9. The molecular weight excluding hydrogens is 513 g/mol. The van der Waals surface area contributed by atoms with Gasteiger partial charge in [0.2, 0.25) is 0 Å². The Bertz CT molecular complexity index is 1000. The van der Waals surface area contributed by atoms with E-state index in [9.17, 15) is 14.4 Å². The predicted octanol–water partition coefficient (Wildman–Crippen LogP) is 6.69.